The van der Waals surface area contributed by atoms with Gasteiger partial charge >= 0.3 is 0 Å². The van der Waals surface area contributed by atoms with Crippen LogP contribution in [0.5, 0.6) is 0 Å². The van der Waals surface area contributed by atoms with Gasteiger partial charge in [-0.2, -0.15) is 4.98 Å². The minimum absolute atomic E-state index is 0.394. The van der Waals surface area contributed by atoms with Crippen LogP contribution in [-0.2, 0) is 4.74 Å². The van der Waals surface area contributed by atoms with Gasteiger partial charge in [-0.15, -0.1) is 0 Å². The molecule has 1 saturated heterocycles. The Kier molecular flexibility index (Phi) is 2.98. The molecule has 1 atom stereocenters. The van der Waals surface area contributed by atoms with Crippen molar-refractivity contribution in [2.75, 3.05) is 30.6 Å². The second-order valence-electron chi connectivity index (χ2n) is 3.51. The van der Waals surface area contributed by atoms with E-state index in [-0.39, 0.29) is 0 Å². The van der Waals surface area contributed by atoms with E-state index >= 15 is 0 Å². The van der Waals surface area contributed by atoms with Crippen LogP contribution >= 0.6 is 0 Å². The topological polar surface area (TPSA) is 76.3 Å². The van der Waals surface area contributed by atoms with Crippen LogP contribution in [0.2, 0.25) is 0 Å². The molecule has 0 spiro atoms. The molecular weight excluding hydrogens is 194 g/mol. The molecule has 0 bridgehead atoms. The SMILES string of the molecule is CN(c1ccnc(NN)n1)C1CCOC1. The van der Waals surface area contributed by atoms with Gasteiger partial charge < -0.3 is 9.64 Å². The molecule has 1 fully saturated rings. The number of rotatable bonds is 3. The van der Waals surface area contributed by atoms with Gasteiger partial charge in [0.2, 0.25) is 5.95 Å². The van der Waals surface area contributed by atoms with E-state index in [4.69, 9.17) is 10.6 Å². The molecule has 3 N–H and O–H groups in total. The van der Waals surface area contributed by atoms with Gasteiger partial charge in [-0.3, -0.25) is 5.43 Å². The number of aromatic nitrogens is 2. The maximum Gasteiger partial charge on any atom is 0.239 e. The van der Waals surface area contributed by atoms with Crippen LogP contribution < -0.4 is 16.2 Å². The highest BCUT2D eigenvalue weighted by Crippen LogP contribution is 2.18. The molecule has 2 heterocycles. The number of hydrazine groups is 1. The molecular formula is C9H15N5O. The fraction of sp³-hybridized carbons (Fsp3) is 0.556. The zero-order valence-electron chi connectivity index (χ0n) is 8.68. The minimum Gasteiger partial charge on any atom is -0.379 e. The van der Waals surface area contributed by atoms with Crippen molar-refractivity contribution >= 4 is 11.8 Å². The monoisotopic (exact) mass is 209 g/mol. The van der Waals surface area contributed by atoms with Crippen molar-refractivity contribution in [3.05, 3.63) is 12.3 Å². The Morgan fingerprint density at radius 2 is 2.53 bits per heavy atom. The number of nitrogens with two attached hydrogens (primary N) is 1. The third-order valence-electron chi connectivity index (χ3n) is 2.58. The average molecular weight is 209 g/mol. The van der Waals surface area contributed by atoms with E-state index < -0.39 is 0 Å². The number of anilines is 2. The normalized spacial score (nSPS) is 20.3. The van der Waals surface area contributed by atoms with E-state index in [2.05, 4.69) is 20.3 Å². The van der Waals surface area contributed by atoms with Crippen LogP contribution in [0.25, 0.3) is 0 Å². The highest BCUT2D eigenvalue weighted by atomic mass is 16.5. The van der Waals surface area contributed by atoms with E-state index in [1.54, 1.807) is 6.20 Å². The number of nitrogen functional groups attached to an aromatic ring is 1. The standard InChI is InChI=1S/C9H15N5O/c1-14(7-3-5-15-6-7)8-2-4-11-9(12-8)13-10/h2,4,7H,3,5-6,10H2,1H3,(H,11,12,13). The molecule has 0 radical (unpaired) electrons. The number of nitrogens with one attached hydrogen (secondary N) is 1. The van der Waals surface area contributed by atoms with Crippen LogP contribution in [0, 0.1) is 0 Å². The Bertz CT molecular complexity index is 326. The Balaban J connectivity index is 2.13. The van der Waals surface area contributed by atoms with E-state index in [9.17, 15) is 0 Å². The summed E-state index contributed by atoms with van der Waals surface area (Å²) in [6.45, 7) is 1.58. The first-order valence-electron chi connectivity index (χ1n) is 4.91. The van der Waals surface area contributed by atoms with Gasteiger partial charge in [0, 0.05) is 19.9 Å². The first-order chi connectivity index (χ1) is 7.31. The minimum atomic E-state index is 0.394. The van der Waals surface area contributed by atoms with Gasteiger partial charge in [-0.1, -0.05) is 0 Å². The number of likely N-dealkylation sites (N-methyl/N-ethyl adjacent to an activating group) is 1. The molecule has 1 aliphatic rings. The predicted octanol–water partition coefficient (Wildman–Crippen LogP) is -0.0127. The second kappa shape index (κ2) is 4.41. The zero-order chi connectivity index (χ0) is 10.7. The summed E-state index contributed by atoms with van der Waals surface area (Å²) in [5.74, 6) is 6.54. The van der Waals surface area contributed by atoms with Crippen LogP contribution in [0.1, 0.15) is 6.42 Å². The Morgan fingerprint density at radius 3 is 3.20 bits per heavy atom. The van der Waals surface area contributed by atoms with Crippen molar-refractivity contribution in [2.45, 2.75) is 12.5 Å². The molecule has 1 aliphatic heterocycles. The largest absolute Gasteiger partial charge is 0.379 e. The van der Waals surface area contributed by atoms with Crippen LogP contribution in [0.3, 0.4) is 0 Å². The van der Waals surface area contributed by atoms with Gasteiger partial charge in [-0.25, -0.2) is 10.8 Å². The molecule has 0 aromatic carbocycles. The summed E-state index contributed by atoms with van der Waals surface area (Å²) in [4.78, 5) is 10.3. The lowest BCUT2D eigenvalue weighted by atomic mass is 10.2. The van der Waals surface area contributed by atoms with Crippen molar-refractivity contribution in [1.82, 2.24) is 9.97 Å². The maximum absolute atomic E-state index is 5.33. The van der Waals surface area contributed by atoms with Gasteiger partial charge in [-0.05, 0) is 12.5 Å². The molecule has 0 aliphatic carbocycles. The fourth-order valence-corrected chi connectivity index (χ4v) is 1.63. The molecule has 82 valence electrons. The highest BCUT2D eigenvalue weighted by Gasteiger charge is 2.21. The molecule has 15 heavy (non-hydrogen) atoms. The Hall–Kier alpha value is -1.40. The van der Waals surface area contributed by atoms with Crippen molar-refractivity contribution in [3.63, 3.8) is 0 Å². The number of nitrogens with zero attached hydrogens (tertiary/aromatic N) is 3. The second-order valence-corrected chi connectivity index (χ2v) is 3.51. The predicted molar refractivity (Wildman–Crippen MR) is 57.5 cm³/mol. The molecule has 2 rings (SSSR count). The van der Waals surface area contributed by atoms with E-state index in [0.717, 1.165) is 25.5 Å². The third kappa shape index (κ3) is 2.16. The summed E-state index contributed by atoms with van der Waals surface area (Å²) in [6.07, 6.45) is 2.72. The lowest BCUT2D eigenvalue weighted by Crippen LogP contribution is -2.32. The smallest absolute Gasteiger partial charge is 0.239 e. The number of hydrogen-bond donors (Lipinski definition) is 2. The van der Waals surface area contributed by atoms with E-state index in [1.165, 1.54) is 0 Å². The van der Waals surface area contributed by atoms with Gasteiger partial charge in [0.05, 0.1) is 12.6 Å². The summed E-state index contributed by atoms with van der Waals surface area (Å²) < 4.78 is 5.33. The molecule has 6 heteroatoms. The zero-order valence-corrected chi connectivity index (χ0v) is 8.68. The number of ether oxygens (including phenoxy) is 1. The molecule has 1 aromatic rings. The lowest BCUT2D eigenvalue weighted by molar-refractivity contribution is 0.193. The van der Waals surface area contributed by atoms with Crippen molar-refractivity contribution in [2.24, 2.45) is 5.84 Å². The molecule has 6 nitrogen and oxygen atoms in total. The average Bonchev–Trinajstić information content (AvgIpc) is 2.81. The highest BCUT2D eigenvalue weighted by molar-refractivity contribution is 5.42. The summed E-state index contributed by atoms with van der Waals surface area (Å²) in [7, 11) is 2.00. The van der Waals surface area contributed by atoms with Crippen molar-refractivity contribution in [1.29, 1.82) is 0 Å². The molecule has 1 unspecified atom stereocenters. The van der Waals surface area contributed by atoms with Gasteiger partial charge in [0.25, 0.3) is 0 Å². The summed E-state index contributed by atoms with van der Waals surface area (Å²) in [6, 6.07) is 2.25. The van der Waals surface area contributed by atoms with Crippen LogP contribution in [-0.4, -0.2) is 36.3 Å². The third-order valence-corrected chi connectivity index (χ3v) is 2.58. The lowest BCUT2D eigenvalue weighted by Gasteiger charge is -2.24. The first kappa shape index (κ1) is 10.1. The molecule has 0 saturated carbocycles. The van der Waals surface area contributed by atoms with Crippen molar-refractivity contribution < 1.29 is 4.74 Å². The Labute approximate surface area is 88.4 Å². The van der Waals surface area contributed by atoms with E-state index in [1.807, 2.05) is 13.1 Å². The van der Waals surface area contributed by atoms with Crippen LogP contribution in [0.15, 0.2) is 12.3 Å². The van der Waals surface area contributed by atoms with Crippen molar-refractivity contribution in [3.8, 4) is 0 Å². The van der Waals surface area contributed by atoms with Crippen LogP contribution in [0.4, 0.5) is 11.8 Å². The summed E-state index contributed by atoms with van der Waals surface area (Å²) >= 11 is 0. The summed E-state index contributed by atoms with van der Waals surface area (Å²) in [5.41, 5.74) is 2.43. The molecule has 1 aromatic heterocycles. The fourth-order valence-electron chi connectivity index (χ4n) is 1.63. The molecule has 0 amide bonds. The first-order valence-corrected chi connectivity index (χ1v) is 4.91. The Morgan fingerprint density at radius 1 is 1.67 bits per heavy atom. The maximum atomic E-state index is 5.33. The van der Waals surface area contributed by atoms with Gasteiger partial charge in [0.15, 0.2) is 0 Å². The van der Waals surface area contributed by atoms with Gasteiger partial charge in [0.1, 0.15) is 5.82 Å². The van der Waals surface area contributed by atoms with E-state index in [0.29, 0.717) is 12.0 Å². The number of hydrogen-bond acceptors (Lipinski definition) is 6. The quantitative estimate of drug-likeness (QED) is 0.538. The summed E-state index contributed by atoms with van der Waals surface area (Å²) in [5, 5.41) is 0.